The molecule has 0 unspecified atom stereocenters. The minimum atomic E-state index is -4.26. The van der Waals surface area contributed by atoms with Crippen LogP contribution in [0.25, 0.3) is 0 Å². The van der Waals surface area contributed by atoms with E-state index in [0.29, 0.717) is 5.66 Å². The number of hydrogen-bond donors (Lipinski definition) is 1. The Labute approximate surface area is 289 Å². The van der Waals surface area contributed by atoms with Crippen LogP contribution < -0.4 is 26.5 Å². The van der Waals surface area contributed by atoms with Crippen molar-refractivity contribution in [3.8, 4) is 0 Å². The quantitative estimate of drug-likeness (QED) is 0.126. The van der Waals surface area contributed by atoms with Gasteiger partial charge in [0.05, 0.1) is 53.0 Å². The number of benzene rings is 5. The van der Waals surface area contributed by atoms with E-state index in [2.05, 4.69) is 113 Å². The summed E-state index contributed by atoms with van der Waals surface area (Å²) in [6.07, 6.45) is 2.38. The second-order valence-corrected chi connectivity index (χ2v) is 22.6. The molecule has 0 aromatic heterocycles. The maximum absolute atomic E-state index is 11.7. The molecule has 5 aromatic rings. The monoisotopic (exact) mass is 698 g/mol. The summed E-state index contributed by atoms with van der Waals surface area (Å²) in [5.41, 5.74) is 1.65. The molecule has 0 radical (unpaired) electrons. The third kappa shape index (κ3) is 7.37. The number of hydrogen-bond acceptors (Lipinski definition) is 3. The Balaban J connectivity index is 0.000000190. The van der Waals surface area contributed by atoms with Gasteiger partial charge in [0.2, 0.25) is 0 Å². The van der Waals surface area contributed by atoms with Crippen molar-refractivity contribution in [1.82, 2.24) is 0 Å². The molecule has 1 heterocycles. The lowest BCUT2D eigenvalue weighted by Gasteiger charge is -2.39. The molecule has 1 aliphatic rings. The van der Waals surface area contributed by atoms with Crippen molar-refractivity contribution in [2.75, 3.05) is 13.2 Å². The van der Waals surface area contributed by atoms with Crippen molar-refractivity contribution in [3.05, 3.63) is 146 Å². The van der Waals surface area contributed by atoms with Crippen LogP contribution in [0, 0.1) is 0 Å². The molecule has 0 bridgehead atoms. The third-order valence-electron chi connectivity index (χ3n) is 9.57. The predicted octanol–water partition coefficient (Wildman–Crippen LogP) is 7.88. The average molecular weight is 699 g/mol. The molecule has 1 fully saturated rings. The minimum Gasteiger partial charge on any atom is -0.381 e. The fourth-order valence-electron chi connectivity index (χ4n) is 7.56. The van der Waals surface area contributed by atoms with Crippen molar-refractivity contribution >= 4 is 51.2 Å². The number of rotatable bonds is 9. The molecule has 5 aromatic carbocycles. The Hall–Kier alpha value is -3.17. The van der Waals surface area contributed by atoms with Gasteiger partial charge >= 0.3 is 0 Å². The summed E-state index contributed by atoms with van der Waals surface area (Å²) in [6.45, 7) is 11.0. The van der Waals surface area contributed by atoms with Crippen molar-refractivity contribution in [2.24, 2.45) is 0 Å². The van der Waals surface area contributed by atoms with Gasteiger partial charge in [0.25, 0.3) is 10.1 Å². The lowest BCUT2D eigenvalue weighted by Crippen LogP contribution is -2.39. The molecule has 6 rings (SSSR count). The summed E-state index contributed by atoms with van der Waals surface area (Å²) in [7, 11) is -7.78. The lowest BCUT2D eigenvalue weighted by molar-refractivity contribution is 0.0988. The molecule has 0 spiro atoms. The molecule has 7 heteroatoms. The Morgan fingerprint density at radius 3 is 1.33 bits per heavy atom. The summed E-state index contributed by atoms with van der Waals surface area (Å²) in [4.78, 5) is -0.0631. The van der Waals surface area contributed by atoms with E-state index in [-0.39, 0.29) is 10.6 Å². The smallest absolute Gasteiger partial charge is 0.294 e. The summed E-state index contributed by atoms with van der Waals surface area (Å²) in [5.74, 6) is 0. The first kappa shape index (κ1) is 36.1. The SMILES string of the molecule is CC(C)[P+](c1ccccc1)(c1ccccc1)C1CCOCC1.CC(C)[P+](c1ccccc1)(c1ccccc1)c1cccc(S(=O)(=O)O)c1. The van der Waals surface area contributed by atoms with Crippen LogP contribution in [0.3, 0.4) is 0 Å². The van der Waals surface area contributed by atoms with Crippen molar-refractivity contribution in [2.45, 2.75) is 62.4 Å². The van der Waals surface area contributed by atoms with Crippen molar-refractivity contribution < 1.29 is 17.7 Å². The Kier molecular flexibility index (Phi) is 12.1. The second-order valence-electron chi connectivity index (χ2n) is 12.8. The third-order valence-corrected chi connectivity index (χ3v) is 20.9. The van der Waals surface area contributed by atoms with Gasteiger partial charge < -0.3 is 4.74 Å². The zero-order valence-electron chi connectivity index (χ0n) is 28.4. The van der Waals surface area contributed by atoms with Crippen LogP contribution in [0.1, 0.15) is 40.5 Å². The Bertz CT molecular complexity index is 1750. The maximum atomic E-state index is 11.7. The van der Waals surface area contributed by atoms with Crippen molar-refractivity contribution in [3.63, 3.8) is 0 Å². The molecule has 0 atom stereocenters. The molecule has 0 amide bonds. The first-order valence-corrected chi connectivity index (χ1v) is 22.0. The lowest BCUT2D eigenvalue weighted by atomic mass is 10.2. The zero-order valence-corrected chi connectivity index (χ0v) is 31.0. The molecule has 1 N–H and O–H groups in total. The van der Waals surface area contributed by atoms with E-state index in [0.717, 1.165) is 24.2 Å². The van der Waals surface area contributed by atoms with Gasteiger partial charge in [-0.1, -0.05) is 78.9 Å². The summed E-state index contributed by atoms with van der Waals surface area (Å²) in [5, 5.41) is 6.44. The van der Waals surface area contributed by atoms with E-state index in [1.54, 1.807) is 22.7 Å². The highest BCUT2D eigenvalue weighted by Crippen LogP contribution is 2.66. The number of ether oxygens (including phenoxy) is 1. The highest BCUT2D eigenvalue weighted by atomic mass is 32.2. The molecule has 0 saturated carbocycles. The van der Waals surface area contributed by atoms with Gasteiger partial charge in [0.1, 0.15) is 23.2 Å². The summed E-state index contributed by atoms with van der Waals surface area (Å²) >= 11 is 0. The van der Waals surface area contributed by atoms with Gasteiger partial charge in [-0.15, -0.1) is 0 Å². The van der Waals surface area contributed by atoms with E-state index >= 15 is 0 Å². The van der Waals surface area contributed by atoms with Crippen LogP contribution >= 0.6 is 14.5 Å². The van der Waals surface area contributed by atoms with Crippen LogP contribution in [0.2, 0.25) is 0 Å². The Morgan fingerprint density at radius 2 is 0.958 bits per heavy atom. The van der Waals surface area contributed by atoms with E-state index in [1.165, 1.54) is 29.5 Å². The zero-order chi connectivity index (χ0) is 34.2. The minimum absolute atomic E-state index is 0.0631. The molecule has 1 aliphatic heterocycles. The standard InChI is InChI=1S/C21H21O3PS.C20H26OP/c1-17(2)25(18-10-5-3-6-11-18,19-12-7-4-8-13-19)20-14-9-15-21(16-20)26(22,23)24;1-17(2)22(18-9-5-3-6-10-18,19-11-7-4-8-12-19)20-13-15-21-16-14-20/h3-17H,1-2H3;3-12,17,20H,13-16H2,1-2H3/q;+1/p+1. The van der Waals surface area contributed by atoms with Crippen LogP contribution in [0.5, 0.6) is 0 Å². The molecule has 0 aliphatic carbocycles. The Morgan fingerprint density at radius 1 is 0.562 bits per heavy atom. The molecule has 250 valence electrons. The maximum Gasteiger partial charge on any atom is 0.294 e. The van der Waals surface area contributed by atoms with Crippen molar-refractivity contribution in [1.29, 1.82) is 0 Å². The molecule has 48 heavy (non-hydrogen) atoms. The van der Waals surface area contributed by atoms with Gasteiger partial charge in [-0.3, -0.25) is 4.55 Å². The predicted molar refractivity (Wildman–Crippen MR) is 208 cm³/mol. The fourth-order valence-corrected chi connectivity index (χ4v) is 18.3. The van der Waals surface area contributed by atoms with E-state index < -0.39 is 24.6 Å². The normalized spacial score (nSPS) is 14.4. The fraction of sp³-hybridized carbons (Fsp3) is 0.268. The van der Waals surface area contributed by atoms with Gasteiger partial charge in [-0.25, -0.2) is 0 Å². The van der Waals surface area contributed by atoms with Crippen LogP contribution in [0.4, 0.5) is 0 Å². The first-order chi connectivity index (χ1) is 23.1. The van der Waals surface area contributed by atoms with Crippen LogP contribution in [0.15, 0.2) is 150 Å². The topological polar surface area (TPSA) is 63.6 Å². The highest BCUT2D eigenvalue weighted by molar-refractivity contribution is 7.96. The van der Waals surface area contributed by atoms with Gasteiger partial charge in [0, 0.05) is 18.9 Å². The summed E-state index contributed by atoms with van der Waals surface area (Å²) in [6, 6.07) is 49.7. The van der Waals surface area contributed by atoms with Gasteiger partial charge in [-0.05, 0) is 88.4 Å². The summed E-state index contributed by atoms with van der Waals surface area (Å²) < 4.78 is 38.7. The highest BCUT2D eigenvalue weighted by Gasteiger charge is 2.53. The largest absolute Gasteiger partial charge is 0.381 e. The average Bonchev–Trinajstić information content (AvgIpc) is 3.11. The molecular weight excluding hydrogens is 650 g/mol. The van der Waals surface area contributed by atoms with Crippen LogP contribution in [-0.2, 0) is 14.9 Å². The first-order valence-electron chi connectivity index (χ1n) is 16.8. The van der Waals surface area contributed by atoms with E-state index in [4.69, 9.17) is 4.74 Å². The van der Waals surface area contributed by atoms with Gasteiger partial charge in [0.15, 0.2) is 0 Å². The molecule has 4 nitrogen and oxygen atoms in total. The van der Waals surface area contributed by atoms with Crippen LogP contribution in [-0.4, -0.2) is 43.2 Å². The second kappa shape index (κ2) is 16.0. The van der Waals surface area contributed by atoms with E-state index in [1.807, 2.05) is 42.5 Å². The van der Waals surface area contributed by atoms with E-state index in [9.17, 15) is 13.0 Å². The van der Waals surface area contributed by atoms with Gasteiger partial charge in [-0.2, -0.15) is 8.42 Å². The molecule has 1 saturated heterocycles. The molecular formula is C41H48O4P2S+2.